The first kappa shape index (κ1) is 15.8. The molecule has 1 fully saturated rings. The van der Waals surface area contributed by atoms with Crippen LogP contribution in [0.25, 0.3) is 0 Å². The van der Waals surface area contributed by atoms with Gasteiger partial charge in [0.25, 0.3) is 0 Å². The molecule has 21 heavy (non-hydrogen) atoms. The van der Waals surface area contributed by atoms with Gasteiger partial charge in [-0.05, 0) is 43.9 Å². The second kappa shape index (κ2) is 8.03. The fourth-order valence-electron chi connectivity index (χ4n) is 3.03. The lowest BCUT2D eigenvalue weighted by Crippen LogP contribution is -2.17. The number of aliphatic hydroxyl groups is 1. The third kappa shape index (κ3) is 5.38. The minimum absolute atomic E-state index is 0.388. The summed E-state index contributed by atoms with van der Waals surface area (Å²) in [4.78, 5) is 11.2. The minimum Gasteiger partial charge on any atom is -0.387 e. The average Bonchev–Trinajstić information content (AvgIpc) is 2.98. The molecule has 1 saturated carbocycles. The lowest BCUT2D eigenvalue weighted by molar-refractivity contribution is -0.118. The molecule has 0 spiro atoms. The van der Waals surface area contributed by atoms with Crippen molar-refractivity contribution in [2.24, 2.45) is 5.92 Å². The van der Waals surface area contributed by atoms with Crippen molar-refractivity contribution in [1.82, 2.24) is 0 Å². The second-order valence-electron chi connectivity index (χ2n) is 6.06. The normalized spacial score (nSPS) is 16.7. The molecule has 1 atom stereocenters. The van der Waals surface area contributed by atoms with Crippen LogP contribution in [-0.2, 0) is 4.79 Å². The Bertz CT molecular complexity index is 456. The van der Waals surface area contributed by atoms with E-state index in [0.717, 1.165) is 11.6 Å². The third-order valence-electron chi connectivity index (χ3n) is 4.19. The van der Waals surface area contributed by atoms with Crippen LogP contribution >= 0.6 is 0 Å². The summed E-state index contributed by atoms with van der Waals surface area (Å²) in [7, 11) is 0. The number of carbonyl (C=O) groups excluding carboxylic acids is 1. The van der Waals surface area contributed by atoms with Gasteiger partial charge in [-0.25, -0.2) is 0 Å². The van der Waals surface area contributed by atoms with Crippen LogP contribution in [0, 0.1) is 5.92 Å². The zero-order valence-electron chi connectivity index (χ0n) is 12.8. The molecule has 0 aliphatic heterocycles. The highest BCUT2D eigenvalue weighted by Crippen LogP contribution is 2.29. The van der Waals surface area contributed by atoms with E-state index in [0.29, 0.717) is 11.7 Å². The molecule has 116 valence electrons. The Hall–Kier alpha value is -1.55. The lowest BCUT2D eigenvalue weighted by atomic mass is 9.99. The predicted molar refractivity (Wildman–Crippen MR) is 86.4 cm³/mol. The maximum Gasteiger partial charge on any atom is 0.250 e. The van der Waals surface area contributed by atoms with Gasteiger partial charge in [-0.2, -0.15) is 0 Å². The molecule has 1 unspecified atom stereocenters. The van der Waals surface area contributed by atoms with Crippen molar-refractivity contribution in [2.45, 2.75) is 51.5 Å². The van der Waals surface area contributed by atoms with Crippen molar-refractivity contribution in [1.29, 1.82) is 0 Å². The van der Waals surface area contributed by atoms with Crippen LogP contribution in [0.15, 0.2) is 24.3 Å². The number of aliphatic hydroxyl groups excluding tert-OH is 1. The van der Waals surface area contributed by atoms with Crippen LogP contribution in [0.3, 0.4) is 0 Å². The maximum atomic E-state index is 11.2. The standard InChI is InChI=1S/C17H26N2O2/c1-13(9-10-14-5-2-3-6-14)18-15-7-4-8-16(11-15)19-17(21)12-20/h4,7-8,11,13-14,18,20H,2-3,5-6,9-10,12H2,1H3,(H,19,21). The fourth-order valence-corrected chi connectivity index (χ4v) is 3.03. The third-order valence-corrected chi connectivity index (χ3v) is 4.19. The molecule has 0 saturated heterocycles. The minimum atomic E-state index is -0.491. The van der Waals surface area contributed by atoms with E-state index in [4.69, 9.17) is 5.11 Å². The summed E-state index contributed by atoms with van der Waals surface area (Å²) in [5.74, 6) is 0.533. The number of hydrogen-bond acceptors (Lipinski definition) is 3. The van der Waals surface area contributed by atoms with E-state index in [1.807, 2.05) is 24.3 Å². The van der Waals surface area contributed by atoms with Crippen LogP contribution in [0.1, 0.15) is 45.4 Å². The van der Waals surface area contributed by atoms with E-state index in [9.17, 15) is 4.79 Å². The Morgan fingerprint density at radius 1 is 1.33 bits per heavy atom. The van der Waals surface area contributed by atoms with E-state index in [1.54, 1.807) is 0 Å². The van der Waals surface area contributed by atoms with Crippen LogP contribution in [0.4, 0.5) is 11.4 Å². The van der Waals surface area contributed by atoms with Gasteiger partial charge in [0.15, 0.2) is 0 Å². The molecule has 1 aliphatic rings. The molecule has 0 aromatic heterocycles. The number of amides is 1. The van der Waals surface area contributed by atoms with Gasteiger partial charge in [-0.3, -0.25) is 4.79 Å². The maximum absolute atomic E-state index is 11.2. The molecule has 1 aliphatic carbocycles. The van der Waals surface area contributed by atoms with Crippen molar-refractivity contribution < 1.29 is 9.90 Å². The summed E-state index contributed by atoms with van der Waals surface area (Å²) in [6, 6.07) is 8.05. The van der Waals surface area contributed by atoms with E-state index in [1.165, 1.54) is 38.5 Å². The predicted octanol–water partition coefficient (Wildman–Crippen LogP) is 3.39. The molecule has 1 aromatic rings. The van der Waals surface area contributed by atoms with Gasteiger partial charge in [0.2, 0.25) is 5.91 Å². The SMILES string of the molecule is CC(CCC1CCCC1)Nc1cccc(NC(=O)CO)c1. The number of hydrogen-bond donors (Lipinski definition) is 3. The van der Waals surface area contributed by atoms with Gasteiger partial charge in [0.05, 0.1) is 0 Å². The van der Waals surface area contributed by atoms with Gasteiger partial charge in [-0.15, -0.1) is 0 Å². The van der Waals surface area contributed by atoms with Crippen molar-refractivity contribution >= 4 is 17.3 Å². The summed E-state index contributed by atoms with van der Waals surface area (Å²) in [5, 5.41) is 14.9. The van der Waals surface area contributed by atoms with Crippen molar-refractivity contribution in [3.05, 3.63) is 24.3 Å². The fraction of sp³-hybridized carbons (Fsp3) is 0.588. The number of anilines is 2. The van der Waals surface area contributed by atoms with Crippen molar-refractivity contribution in [2.75, 3.05) is 17.2 Å². The zero-order valence-corrected chi connectivity index (χ0v) is 12.8. The van der Waals surface area contributed by atoms with Crippen LogP contribution in [0.2, 0.25) is 0 Å². The molecular weight excluding hydrogens is 264 g/mol. The highest BCUT2D eigenvalue weighted by atomic mass is 16.3. The molecule has 0 heterocycles. The first-order valence-corrected chi connectivity index (χ1v) is 7.94. The summed E-state index contributed by atoms with van der Waals surface area (Å²) in [6.45, 7) is 1.71. The van der Waals surface area contributed by atoms with Gasteiger partial charge in [-0.1, -0.05) is 31.7 Å². The number of benzene rings is 1. The quantitative estimate of drug-likeness (QED) is 0.721. The second-order valence-corrected chi connectivity index (χ2v) is 6.06. The number of carbonyl (C=O) groups is 1. The van der Waals surface area contributed by atoms with E-state index in [2.05, 4.69) is 17.6 Å². The van der Waals surface area contributed by atoms with Crippen LogP contribution < -0.4 is 10.6 Å². The average molecular weight is 290 g/mol. The first-order valence-electron chi connectivity index (χ1n) is 7.94. The number of nitrogens with one attached hydrogen (secondary N) is 2. The first-order chi connectivity index (χ1) is 10.2. The Kier molecular flexibility index (Phi) is 6.05. The molecule has 0 bridgehead atoms. The van der Waals surface area contributed by atoms with Gasteiger partial charge < -0.3 is 15.7 Å². The lowest BCUT2D eigenvalue weighted by Gasteiger charge is -2.18. The summed E-state index contributed by atoms with van der Waals surface area (Å²) < 4.78 is 0. The van der Waals surface area contributed by atoms with Crippen LogP contribution in [-0.4, -0.2) is 23.7 Å². The molecule has 1 amide bonds. The summed E-state index contributed by atoms with van der Waals surface area (Å²) >= 11 is 0. The van der Waals surface area contributed by atoms with E-state index < -0.39 is 6.61 Å². The van der Waals surface area contributed by atoms with Crippen LogP contribution in [0.5, 0.6) is 0 Å². The molecule has 4 nitrogen and oxygen atoms in total. The van der Waals surface area contributed by atoms with Crippen molar-refractivity contribution in [3.63, 3.8) is 0 Å². The summed E-state index contributed by atoms with van der Waals surface area (Å²) in [5.41, 5.74) is 1.71. The topological polar surface area (TPSA) is 61.4 Å². The Morgan fingerprint density at radius 3 is 2.76 bits per heavy atom. The molecule has 1 aromatic carbocycles. The van der Waals surface area contributed by atoms with Gasteiger partial charge >= 0.3 is 0 Å². The summed E-state index contributed by atoms with van der Waals surface area (Å²) in [6.07, 6.45) is 8.08. The Balaban J connectivity index is 1.80. The van der Waals surface area contributed by atoms with Crippen molar-refractivity contribution in [3.8, 4) is 0 Å². The van der Waals surface area contributed by atoms with Gasteiger partial charge in [0.1, 0.15) is 6.61 Å². The Labute approximate surface area is 126 Å². The van der Waals surface area contributed by atoms with E-state index >= 15 is 0 Å². The molecule has 4 heteroatoms. The largest absolute Gasteiger partial charge is 0.387 e. The molecule has 0 radical (unpaired) electrons. The highest BCUT2D eigenvalue weighted by Gasteiger charge is 2.15. The molecule has 3 N–H and O–H groups in total. The highest BCUT2D eigenvalue weighted by molar-refractivity contribution is 5.91. The monoisotopic (exact) mass is 290 g/mol. The Morgan fingerprint density at radius 2 is 2.05 bits per heavy atom. The molecule has 2 rings (SSSR count). The smallest absolute Gasteiger partial charge is 0.250 e. The number of rotatable bonds is 7. The zero-order chi connectivity index (χ0) is 15.1. The molecular formula is C17H26N2O2. The van der Waals surface area contributed by atoms with Gasteiger partial charge in [0, 0.05) is 17.4 Å². The van der Waals surface area contributed by atoms with E-state index in [-0.39, 0.29) is 5.91 Å².